The quantitative estimate of drug-likeness (QED) is 0.876. The van der Waals surface area contributed by atoms with Gasteiger partial charge in [0.15, 0.2) is 0 Å². The number of allylic oxidation sites excluding steroid dienone is 3. The molecule has 3 heteroatoms. The van der Waals surface area contributed by atoms with Gasteiger partial charge in [0.2, 0.25) is 0 Å². The lowest BCUT2D eigenvalue weighted by molar-refractivity contribution is -0.135. The van der Waals surface area contributed by atoms with Crippen LogP contribution < -0.4 is 10.4 Å². The molecule has 0 bridgehead atoms. The lowest BCUT2D eigenvalue weighted by Gasteiger charge is -2.00. The first-order chi connectivity index (χ1) is 8.75. The molecule has 2 nitrogen and oxygen atoms in total. The van der Waals surface area contributed by atoms with Crippen molar-refractivity contribution in [2.24, 2.45) is 0 Å². The van der Waals surface area contributed by atoms with Crippen LogP contribution in [0.4, 0.5) is 0 Å². The zero-order chi connectivity index (χ0) is 12.5. The van der Waals surface area contributed by atoms with Crippen molar-refractivity contribution in [3.63, 3.8) is 0 Å². The first-order valence-corrected chi connectivity index (χ1v) is 6.79. The summed E-state index contributed by atoms with van der Waals surface area (Å²) in [6, 6.07) is 4.20. The summed E-state index contributed by atoms with van der Waals surface area (Å²) in [6.45, 7) is 0. The zero-order valence-electron chi connectivity index (χ0n) is 9.72. The second-order valence-corrected chi connectivity index (χ2v) is 5.33. The van der Waals surface area contributed by atoms with Crippen LogP contribution in [0.2, 0.25) is 0 Å². The second kappa shape index (κ2) is 4.50. The predicted octanol–water partition coefficient (Wildman–Crippen LogP) is 1.78. The Balaban J connectivity index is 2.34. The molecule has 18 heavy (non-hydrogen) atoms. The Hall–Kier alpha value is -1.74. The predicted molar refractivity (Wildman–Crippen MR) is 74.7 cm³/mol. The van der Waals surface area contributed by atoms with Crippen LogP contribution in [0.1, 0.15) is 12.0 Å². The second-order valence-electron chi connectivity index (χ2n) is 4.32. The molecule has 0 saturated carbocycles. The van der Waals surface area contributed by atoms with Crippen molar-refractivity contribution in [3.05, 3.63) is 46.4 Å². The van der Waals surface area contributed by atoms with Crippen molar-refractivity contribution < 1.29 is 9.90 Å². The number of thioether (sulfide) groups is 1. The molecular formula is C15H12O2S. The Morgan fingerprint density at radius 1 is 1.28 bits per heavy atom. The van der Waals surface area contributed by atoms with Crippen molar-refractivity contribution in [1.29, 1.82) is 0 Å². The topological polar surface area (TPSA) is 37.3 Å². The molecule has 0 radical (unpaired) electrons. The van der Waals surface area contributed by atoms with E-state index < -0.39 is 5.97 Å². The SMILES string of the molecule is O=C(O)CC1=c2c(ccc3c2=CC=CC=C3)SC1. The third-order valence-electron chi connectivity index (χ3n) is 3.12. The fourth-order valence-corrected chi connectivity index (χ4v) is 3.50. The Morgan fingerprint density at radius 3 is 3.00 bits per heavy atom. The van der Waals surface area contributed by atoms with E-state index in [0.717, 1.165) is 27.3 Å². The highest BCUT2D eigenvalue weighted by molar-refractivity contribution is 8.00. The van der Waals surface area contributed by atoms with Crippen molar-refractivity contribution in [2.75, 3.05) is 5.75 Å². The normalized spacial score (nSPS) is 15.9. The summed E-state index contributed by atoms with van der Waals surface area (Å²) < 4.78 is 0. The highest BCUT2D eigenvalue weighted by Gasteiger charge is 2.16. The zero-order valence-corrected chi connectivity index (χ0v) is 10.5. The van der Waals surface area contributed by atoms with E-state index in [2.05, 4.69) is 24.3 Å². The smallest absolute Gasteiger partial charge is 0.307 e. The summed E-state index contributed by atoms with van der Waals surface area (Å²) in [7, 11) is 0. The van der Waals surface area contributed by atoms with Gasteiger partial charge in [0.1, 0.15) is 0 Å². The number of hydrogen-bond donors (Lipinski definition) is 1. The molecule has 0 spiro atoms. The number of hydrogen-bond acceptors (Lipinski definition) is 2. The molecule has 0 unspecified atom stereocenters. The van der Waals surface area contributed by atoms with Crippen LogP contribution in [-0.4, -0.2) is 16.8 Å². The van der Waals surface area contributed by atoms with E-state index in [9.17, 15) is 4.79 Å². The number of fused-ring (bicyclic) bond motifs is 3. The Kier molecular flexibility index (Phi) is 2.84. The standard InChI is InChI=1S/C15H12O2S/c16-14(17)8-11-9-18-13-7-6-10-4-2-1-3-5-12(10)15(11)13/h1-7H,8-9H2,(H,16,17). The summed E-state index contributed by atoms with van der Waals surface area (Å²) in [5.41, 5.74) is 2.18. The highest BCUT2D eigenvalue weighted by atomic mass is 32.2. The maximum atomic E-state index is 10.9. The van der Waals surface area contributed by atoms with Gasteiger partial charge in [0.05, 0.1) is 6.42 Å². The molecule has 0 aromatic heterocycles. The van der Waals surface area contributed by atoms with Gasteiger partial charge in [0.25, 0.3) is 0 Å². The van der Waals surface area contributed by atoms with Crippen LogP contribution in [0.5, 0.6) is 0 Å². The molecule has 1 heterocycles. The van der Waals surface area contributed by atoms with Crippen molar-refractivity contribution in [3.8, 4) is 0 Å². The molecule has 1 aliphatic heterocycles. The minimum Gasteiger partial charge on any atom is -0.481 e. The van der Waals surface area contributed by atoms with Crippen LogP contribution in [0, 0.1) is 0 Å². The molecule has 1 aromatic carbocycles. The third kappa shape index (κ3) is 1.91. The average molecular weight is 256 g/mol. The number of aliphatic carboxylic acids is 1. The first-order valence-electron chi connectivity index (χ1n) is 5.80. The molecule has 90 valence electrons. The molecule has 0 fully saturated rings. The van der Waals surface area contributed by atoms with Gasteiger partial charge in [-0.25, -0.2) is 0 Å². The van der Waals surface area contributed by atoms with E-state index in [-0.39, 0.29) is 6.42 Å². The van der Waals surface area contributed by atoms with E-state index in [4.69, 9.17) is 5.11 Å². The van der Waals surface area contributed by atoms with Crippen molar-refractivity contribution >= 4 is 35.5 Å². The minimum atomic E-state index is -0.754. The number of benzene rings is 1. The van der Waals surface area contributed by atoms with E-state index in [1.807, 2.05) is 18.2 Å². The number of carboxylic acid groups (broad SMARTS) is 1. The van der Waals surface area contributed by atoms with E-state index in [1.165, 1.54) is 4.90 Å². The summed E-state index contributed by atoms with van der Waals surface area (Å²) in [6.07, 6.45) is 10.3. The largest absolute Gasteiger partial charge is 0.481 e. The number of carboxylic acids is 1. The molecule has 1 aliphatic carbocycles. The molecule has 1 aromatic rings. The molecule has 0 saturated heterocycles. The third-order valence-corrected chi connectivity index (χ3v) is 4.27. The van der Waals surface area contributed by atoms with Crippen LogP contribution in [0.25, 0.3) is 17.7 Å². The van der Waals surface area contributed by atoms with Crippen LogP contribution in [-0.2, 0) is 4.79 Å². The van der Waals surface area contributed by atoms with E-state index >= 15 is 0 Å². The van der Waals surface area contributed by atoms with Crippen LogP contribution in [0.3, 0.4) is 0 Å². The molecule has 0 amide bonds. The van der Waals surface area contributed by atoms with Gasteiger partial charge in [-0.1, -0.05) is 36.4 Å². The van der Waals surface area contributed by atoms with Gasteiger partial charge in [-0.05, 0) is 27.6 Å². The van der Waals surface area contributed by atoms with Gasteiger partial charge in [-0.3, -0.25) is 4.79 Å². The molecule has 2 aliphatic rings. The molecule has 1 N–H and O–H groups in total. The summed E-state index contributed by atoms with van der Waals surface area (Å²) in [4.78, 5) is 12.1. The Morgan fingerprint density at radius 2 is 2.17 bits per heavy atom. The number of carbonyl (C=O) groups is 1. The summed E-state index contributed by atoms with van der Waals surface area (Å²) in [5, 5.41) is 11.3. The van der Waals surface area contributed by atoms with Crippen LogP contribution >= 0.6 is 11.8 Å². The number of rotatable bonds is 2. The van der Waals surface area contributed by atoms with E-state index in [1.54, 1.807) is 11.8 Å². The fourth-order valence-electron chi connectivity index (χ4n) is 2.36. The fraction of sp³-hybridized carbons (Fsp3) is 0.133. The molecular weight excluding hydrogens is 244 g/mol. The van der Waals surface area contributed by atoms with Crippen molar-refractivity contribution in [2.45, 2.75) is 11.3 Å². The first kappa shape index (κ1) is 11.4. The Labute approximate surface area is 109 Å². The van der Waals surface area contributed by atoms with Gasteiger partial charge < -0.3 is 5.11 Å². The van der Waals surface area contributed by atoms with E-state index in [0.29, 0.717) is 0 Å². The summed E-state index contributed by atoms with van der Waals surface area (Å²) in [5.74, 6) is 0.0371. The van der Waals surface area contributed by atoms with Gasteiger partial charge in [-0.15, -0.1) is 11.8 Å². The average Bonchev–Trinajstić information content (AvgIpc) is 2.60. The highest BCUT2D eigenvalue weighted by Crippen LogP contribution is 2.25. The van der Waals surface area contributed by atoms with Gasteiger partial charge in [0, 0.05) is 10.6 Å². The van der Waals surface area contributed by atoms with Crippen molar-refractivity contribution in [1.82, 2.24) is 0 Å². The lowest BCUT2D eigenvalue weighted by Crippen LogP contribution is -2.29. The maximum Gasteiger partial charge on any atom is 0.307 e. The lowest BCUT2D eigenvalue weighted by atomic mass is 10.0. The Bertz CT molecular complexity index is 696. The maximum absolute atomic E-state index is 10.9. The molecule has 0 atom stereocenters. The minimum absolute atomic E-state index is 0.137. The summed E-state index contributed by atoms with van der Waals surface area (Å²) >= 11 is 1.73. The van der Waals surface area contributed by atoms with Gasteiger partial charge in [-0.2, -0.15) is 0 Å². The van der Waals surface area contributed by atoms with Crippen LogP contribution in [0.15, 0.2) is 35.3 Å². The van der Waals surface area contributed by atoms with Gasteiger partial charge >= 0.3 is 5.97 Å². The monoisotopic (exact) mass is 256 g/mol. The molecule has 3 rings (SSSR count).